The number of benzene rings is 1. The van der Waals surface area contributed by atoms with E-state index in [2.05, 4.69) is 50.4 Å². The van der Waals surface area contributed by atoms with Crippen LogP contribution in [0.5, 0.6) is 0 Å². The van der Waals surface area contributed by atoms with Crippen LogP contribution in [0.25, 0.3) is 0 Å². The Bertz CT molecular complexity index is 384. The lowest BCUT2D eigenvalue weighted by Crippen LogP contribution is -2.40. The van der Waals surface area contributed by atoms with Gasteiger partial charge in [-0.1, -0.05) is 57.9 Å². The van der Waals surface area contributed by atoms with Crippen LogP contribution in [-0.4, -0.2) is 11.9 Å². The van der Waals surface area contributed by atoms with Crippen molar-refractivity contribution in [3.05, 3.63) is 35.4 Å². The van der Waals surface area contributed by atoms with Crippen molar-refractivity contribution < 1.29 is 4.79 Å². The van der Waals surface area contributed by atoms with Crippen LogP contribution in [0.3, 0.4) is 0 Å². The molecule has 1 atom stereocenters. The minimum absolute atomic E-state index is 0.0543. The average molecular weight is 262 g/mol. The molecule has 0 aliphatic heterocycles. The molecule has 0 heterocycles. The summed E-state index contributed by atoms with van der Waals surface area (Å²) in [5, 5.41) is 2.89. The van der Waals surface area contributed by atoms with Gasteiger partial charge >= 0.3 is 0 Å². The van der Waals surface area contributed by atoms with Crippen molar-refractivity contribution in [1.82, 2.24) is 5.32 Å². The van der Waals surface area contributed by atoms with Gasteiger partial charge in [0.25, 0.3) is 0 Å². The first-order chi connectivity index (χ1) is 9.04. The normalized spacial score (nSPS) is 12.5. The number of carbonyl (C=O) groups is 1. The third-order valence-corrected chi connectivity index (χ3v) is 3.32. The number of hydrogen-bond donors (Lipinski definition) is 2. The molecule has 0 saturated heterocycles. The Hall–Kier alpha value is -1.35. The molecule has 3 nitrogen and oxygen atoms in total. The lowest BCUT2D eigenvalue weighted by atomic mass is 10.0. The van der Waals surface area contributed by atoms with Crippen molar-refractivity contribution in [1.29, 1.82) is 0 Å². The van der Waals surface area contributed by atoms with Gasteiger partial charge in [0.2, 0.25) is 5.91 Å². The van der Waals surface area contributed by atoms with Crippen LogP contribution in [0, 0.1) is 0 Å². The molecule has 0 aliphatic rings. The van der Waals surface area contributed by atoms with Gasteiger partial charge in [0.05, 0.1) is 6.04 Å². The third kappa shape index (κ3) is 5.43. The number of unbranched alkanes of at least 4 members (excludes halogenated alkanes) is 1. The van der Waals surface area contributed by atoms with E-state index in [0.29, 0.717) is 12.5 Å². The first-order valence-electron chi connectivity index (χ1n) is 7.16. The van der Waals surface area contributed by atoms with Gasteiger partial charge in [-0.2, -0.15) is 0 Å². The van der Waals surface area contributed by atoms with E-state index in [9.17, 15) is 4.79 Å². The van der Waals surface area contributed by atoms with E-state index in [1.165, 1.54) is 5.56 Å². The molecule has 0 saturated carbocycles. The van der Waals surface area contributed by atoms with Crippen molar-refractivity contribution in [2.75, 3.05) is 0 Å². The second kappa shape index (κ2) is 7.95. The monoisotopic (exact) mass is 262 g/mol. The molecule has 19 heavy (non-hydrogen) atoms. The molecule has 1 aromatic carbocycles. The Balaban J connectivity index is 2.41. The van der Waals surface area contributed by atoms with Crippen molar-refractivity contribution >= 4 is 5.91 Å². The van der Waals surface area contributed by atoms with Crippen molar-refractivity contribution in [3.63, 3.8) is 0 Å². The fourth-order valence-corrected chi connectivity index (χ4v) is 1.90. The van der Waals surface area contributed by atoms with Crippen molar-refractivity contribution in [3.8, 4) is 0 Å². The Kier molecular flexibility index (Phi) is 6.57. The van der Waals surface area contributed by atoms with Crippen LogP contribution < -0.4 is 11.1 Å². The van der Waals surface area contributed by atoms with Crippen LogP contribution in [0.2, 0.25) is 0 Å². The molecule has 1 rings (SSSR count). The van der Waals surface area contributed by atoms with E-state index in [1.807, 2.05) is 0 Å². The molecule has 0 aromatic heterocycles. The van der Waals surface area contributed by atoms with Crippen LogP contribution >= 0.6 is 0 Å². The van der Waals surface area contributed by atoms with E-state index in [0.717, 1.165) is 24.8 Å². The van der Waals surface area contributed by atoms with Gasteiger partial charge in [-0.25, -0.2) is 0 Å². The molecule has 1 amide bonds. The second-order valence-electron chi connectivity index (χ2n) is 5.36. The lowest BCUT2D eigenvalue weighted by Gasteiger charge is -2.12. The number of amides is 1. The molecule has 0 bridgehead atoms. The summed E-state index contributed by atoms with van der Waals surface area (Å²) in [6.07, 6.45) is 2.82. The fraction of sp³-hybridized carbons (Fsp3) is 0.562. The molecule has 3 heteroatoms. The summed E-state index contributed by atoms with van der Waals surface area (Å²) in [4.78, 5) is 11.8. The first kappa shape index (κ1) is 15.7. The quantitative estimate of drug-likeness (QED) is 0.793. The highest BCUT2D eigenvalue weighted by molar-refractivity contribution is 5.81. The zero-order valence-corrected chi connectivity index (χ0v) is 12.3. The molecular weight excluding hydrogens is 236 g/mol. The number of nitrogens with two attached hydrogens (primary N) is 1. The lowest BCUT2D eigenvalue weighted by molar-refractivity contribution is -0.122. The standard InChI is InChI=1S/C16H26N2O/c1-4-5-6-15(17)16(19)18-11-13-7-9-14(10-8-13)12(2)3/h7-10,12,15H,4-6,11,17H2,1-3H3,(H,18,19). The summed E-state index contributed by atoms with van der Waals surface area (Å²) >= 11 is 0. The van der Waals surface area contributed by atoms with E-state index < -0.39 is 0 Å². The van der Waals surface area contributed by atoms with Gasteiger partial charge in [0.1, 0.15) is 0 Å². The average Bonchev–Trinajstić information content (AvgIpc) is 2.42. The molecule has 0 aliphatic carbocycles. The molecule has 106 valence electrons. The van der Waals surface area contributed by atoms with E-state index in [1.54, 1.807) is 0 Å². The Morgan fingerprint density at radius 1 is 1.26 bits per heavy atom. The molecule has 1 aromatic rings. The molecule has 0 spiro atoms. The SMILES string of the molecule is CCCCC(N)C(=O)NCc1ccc(C(C)C)cc1. The number of carbonyl (C=O) groups excluding carboxylic acids is 1. The molecule has 0 radical (unpaired) electrons. The number of nitrogens with one attached hydrogen (secondary N) is 1. The predicted molar refractivity (Wildman–Crippen MR) is 79.9 cm³/mol. The summed E-state index contributed by atoms with van der Waals surface area (Å²) in [7, 11) is 0. The van der Waals surface area contributed by atoms with E-state index in [-0.39, 0.29) is 11.9 Å². The summed E-state index contributed by atoms with van der Waals surface area (Å²) in [6, 6.07) is 7.97. The highest BCUT2D eigenvalue weighted by atomic mass is 16.2. The van der Waals surface area contributed by atoms with Gasteiger partial charge in [-0.3, -0.25) is 4.79 Å². The molecular formula is C16H26N2O. The summed E-state index contributed by atoms with van der Waals surface area (Å²) in [5.74, 6) is 0.479. The van der Waals surface area contributed by atoms with Gasteiger partial charge in [0, 0.05) is 6.54 Å². The summed E-state index contributed by atoms with van der Waals surface area (Å²) in [6.45, 7) is 6.99. The highest BCUT2D eigenvalue weighted by Crippen LogP contribution is 2.14. The topological polar surface area (TPSA) is 55.1 Å². The third-order valence-electron chi connectivity index (χ3n) is 3.32. The molecule has 0 fully saturated rings. The van der Waals surface area contributed by atoms with E-state index >= 15 is 0 Å². The minimum atomic E-state index is -0.380. The smallest absolute Gasteiger partial charge is 0.237 e. The predicted octanol–water partition coefficient (Wildman–Crippen LogP) is 2.94. The Morgan fingerprint density at radius 3 is 2.42 bits per heavy atom. The zero-order valence-electron chi connectivity index (χ0n) is 12.3. The number of rotatable bonds is 7. The van der Waals surface area contributed by atoms with E-state index in [4.69, 9.17) is 5.73 Å². The van der Waals surface area contributed by atoms with Gasteiger partial charge in [-0.05, 0) is 23.5 Å². The highest BCUT2D eigenvalue weighted by Gasteiger charge is 2.11. The second-order valence-corrected chi connectivity index (χ2v) is 5.36. The maximum atomic E-state index is 11.8. The van der Waals surface area contributed by atoms with Crippen LogP contribution in [0.4, 0.5) is 0 Å². The van der Waals surface area contributed by atoms with Gasteiger partial charge in [-0.15, -0.1) is 0 Å². The zero-order chi connectivity index (χ0) is 14.3. The summed E-state index contributed by atoms with van der Waals surface area (Å²) < 4.78 is 0. The van der Waals surface area contributed by atoms with Crippen LogP contribution in [0.1, 0.15) is 57.1 Å². The van der Waals surface area contributed by atoms with Gasteiger partial charge < -0.3 is 11.1 Å². The first-order valence-corrected chi connectivity index (χ1v) is 7.16. The number of hydrogen-bond acceptors (Lipinski definition) is 2. The van der Waals surface area contributed by atoms with Crippen LogP contribution in [0.15, 0.2) is 24.3 Å². The van der Waals surface area contributed by atoms with Crippen molar-refractivity contribution in [2.45, 2.75) is 58.5 Å². The maximum absolute atomic E-state index is 11.8. The Labute approximate surface area is 116 Å². The minimum Gasteiger partial charge on any atom is -0.351 e. The molecule has 1 unspecified atom stereocenters. The fourth-order valence-electron chi connectivity index (χ4n) is 1.90. The van der Waals surface area contributed by atoms with Crippen molar-refractivity contribution in [2.24, 2.45) is 5.73 Å². The summed E-state index contributed by atoms with van der Waals surface area (Å²) in [5.41, 5.74) is 8.25. The molecule has 3 N–H and O–H groups in total. The van der Waals surface area contributed by atoms with Gasteiger partial charge in [0.15, 0.2) is 0 Å². The Morgan fingerprint density at radius 2 is 1.89 bits per heavy atom. The largest absolute Gasteiger partial charge is 0.351 e. The maximum Gasteiger partial charge on any atom is 0.237 e. The van der Waals surface area contributed by atoms with Crippen LogP contribution in [-0.2, 0) is 11.3 Å².